The van der Waals surface area contributed by atoms with Crippen LogP contribution in [-0.2, 0) is 17.6 Å². The van der Waals surface area contributed by atoms with Gasteiger partial charge in [0.1, 0.15) is 0 Å². The third-order valence-corrected chi connectivity index (χ3v) is 5.12. The van der Waals surface area contributed by atoms with Crippen molar-refractivity contribution < 1.29 is 4.79 Å². The van der Waals surface area contributed by atoms with Crippen LogP contribution in [0.15, 0.2) is 24.3 Å². The summed E-state index contributed by atoms with van der Waals surface area (Å²) in [5.41, 5.74) is 2.87. The van der Waals surface area contributed by atoms with Gasteiger partial charge < -0.3 is 5.32 Å². The molecule has 0 spiro atoms. The first-order valence-electron chi connectivity index (χ1n) is 8.89. The van der Waals surface area contributed by atoms with Gasteiger partial charge in [0.05, 0.1) is 6.04 Å². The fourth-order valence-electron chi connectivity index (χ4n) is 3.96. The van der Waals surface area contributed by atoms with Gasteiger partial charge in [-0.05, 0) is 62.7 Å². The van der Waals surface area contributed by atoms with Crippen LogP contribution in [0.1, 0.15) is 50.2 Å². The average molecular weight is 300 g/mol. The van der Waals surface area contributed by atoms with Gasteiger partial charge in [0.2, 0.25) is 5.91 Å². The molecule has 0 aromatic heterocycles. The summed E-state index contributed by atoms with van der Waals surface area (Å²) in [7, 11) is 0. The maximum Gasteiger partial charge on any atom is 0.237 e. The second-order valence-electron chi connectivity index (χ2n) is 6.76. The molecule has 3 nitrogen and oxygen atoms in total. The quantitative estimate of drug-likeness (QED) is 0.927. The van der Waals surface area contributed by atoms with Crippen molar-refractivity contribution in [3.8, 4) is 0 Å². The average Bonchev–Trinajstić information content (AvgIpc) is 2.55. The Morgan fingerprint density at radius 3 is 2.86 bits per heavy atom. The van der Waals surface area contributed by atoms with Crippen molar-refractivity contribution in [2.24, 2.45) is 0 Å². The molecule has 2 atom stereocenters. The molecule has 1 fully saturated rings. The summed E-state index contributed by atoms with van der Waals surface area (Å²) >= 11 is 0. The Morgan fingerprint density at radius 1 is 1.23 bits per heavy atom. The van der Waals surface area contributed by atoms with E-state index < -0.39 is 0 Å². The highest BCUT2D eigenvalue weighted by Crippen LogP contribution is 2.22. The summed E-state index contributed by atoms with van der Waals surface area (Å²) < 4.78 is 0. The van der Waals surface area contributed by atoms with E-state index in [1.165, 1.54) is 24.0 Å². The van der Waals surface area contributed by atoms with Crippen LogP contribution in [0.3, 0.4) is 0 Å². The molecule has 1 aromatic carbocycles. The zero-order valence-corrected chi connectivity index (χ0v) is 13.7. The number of carbonyl (C=O) groups is 1. The molecule has 22 heavy (non-hydrogen) atoms. The second-order valence-corrected chi connectivity index (χ2v) is 6.76. The summed E-state index contributed by atoms with van der Waals surface area (Å²) in [6.07, 6.45) is 7.72. The summed E-state index contributed by atoms with van der Waals surface area (Å²) in [4.78, 5) is 15.1. The van der Waals surface area contributed by atoms with E-state index in [0.29, 0.717) is 6.04 Å². The molecule has 1 N–H and O–H groups in total. The lowest BCUT2D eigenvalue weighted by molar-refractivity contribution is -0.128. The minimum absolute atomic E-state index is 0.103. The van der Waals surface area contributed by atoms with Crippen LogP contribution in [0.2, 0.25) is 0 Å². The molecular formula is C19H28N2O. The summed E-state index contributed by atoms with van der Waals surface area (Å²) in [5.74, 6) is 0.262. The van der Waals surface area contributed by atoms with E-state index in [1.807, 2.05) is 0 Å². The van der Waals surface area contributed by atoms with Crippen molar-refractivity contribution in [1.29, 1.82) is 0 Å². The van der Waals surface area contributed by atoms with Gasteiger partial charge >= 0.3 is 0 Å². The fraction of sp³-hybridized carbons (Fsp3) is 0.632. The molecule has 1 aliphatic heterocycles. The van der Waals surface area contributed by atoms with E-state index in [4.69, 9.17) is 0 Å². The Bertz CT molecular complexity index is 512. The van der Waals surface area contributed by atoms with E-state index in [0.717, 1.165) is 45.2 Å². The standard InChI is InChI=1S/C19H28N2O/c1-2-12-21-13-6-5-9-18(21)19(22)20-17-11-10-15-7-3-4-8-16(15)14-17/h3-4,7-8,17-18H,2,5-6,9-14H2,1H3,(H,20,22). The van der Waals surface area contributed by atoms with Gasteiger partial charge in [0.15, 0.2) is 0 Å². The topological polar surface area (TPSA) is 32.3 Å². The van der Waals surface area contributed by atoms with Gasteiger partial charge in [0.25, 0.3) is 0 Å². The summed E-state index contributed by atoms with van der Waals surface area (Å²) in [6.45, 7) is 4.33. The van der Waals surface area contributed by atoms with Crippen LogP contribution in [-0.4, -0.2) is 36.0 Å². The highest BCUT2D eigenvalue weighted by atomic mass is 16.2. The third-order valence-electron chi connectivity index (χ3n) is 5.12. The molecular weight excluding hydrogens is 272 g/mol. The number of carbonyl (C=O) groups excluding carboxylic acids is 1. The van der Waals surface area contributed by atoms with E-state index in [2.05, 4.69) is 41.4 Å². The van der Waals surface area contributed by atoms with E-state index >= 15 is 0 Å². The number of piperidine rings is 1. The maximum atomic E-state index is 12.7. The molecule has 120 valence electrons. The number of hydrogen-bond donors (Lipinski definition) is 1. The maximum absolute atomic E-state index is 12.7. The van der Waals surface area contributed by atoms with Crippen LogP contribution in [0, 0.1) is 0 Å². The van der Waals surface area contributed by atoms with Crippen LogP contribution < -0.4 is 5.32 Å². The Morgan fingerprint density at radius 2 is 2.05 bits per heavy atom. The van der Waals surface area contributed by atoms with Crippen LogP contribution in [0.4, 0.5) is 0 Å². The van der Waals surface area contributed by atoms with Crippen LogP contribution in [0.5, 0.6) is 0 Å². The molecule has 3 heteroatoms. The fourth-order valence-corrected chi connectivity index (χ4v) is 3.96. The normalized spacial score (nSPS) is 25.5. The van der Waals surface area contributed by atoms with Crippen LogP contribution in [0.25, 0.3) is 0 Å². The Hall–Kier alpha value is -1.35. The molecule has 1 aliphatic carbocycles. The Labute approximate surface area is 134 Å². The van der Waals surface area contributed by atoms with Crippen molar-refractivity contribution in [1.82, 2.24) is 10.2 Å². The van der Waals surface area contributed by atoms with Gasteiger partial charge in [0, 0.05) is 6.04 Å². The third kappa shape index (κ3) is 3.52. The SMILES string of the molecule is CCCN1CCCCC1C(=O)NC1CCc2ccccc2C1. The summed E-state index contributed by atoms with van der Waals surface area (Å²) in [5, 5.41) is 3.34. The number of amides is 1. The van der Waals surface area contributed by atoms with Crippen molar-refractivity contribution in [3.63, 3.8) is 0 Å². The first kappa shape index (κ1) is 15.5. The number of likely N-dealkylation sites (tertiary alicyclic amines) is 1. The Balaban J connectivity index is 1.60. The smallest absolute Gasteiger partial charge is 0.237 e. The number of nitrogens with one attached hydrogen (secondary N) is 1. The second kappa shape index (κ2) is 7.28. The highest BCUT2D eigenvalue weighted by molar-refractivity contribution is 5.82. The van der Waals surface area contributed by atoms with Crippen molar-refractivity contribution in [2.75, 3.05) is 13.1 Å². The molecule has 0 saturated carbocycles. The zero-order valence-electron chi connectivity index (χ0n) is 13.7. The van der Waals surface area contributed by atoms with Crippen molar-refractivity contribution >= 4 is 5.91 Å². The minimum atomic E-state index is 0.103. The minimum Gasteiger partial charge on any atom is -0.352 e. The summed E-state index contributed by atoms with van der Waals surface area (Å²) in [6, 6.07) is 9.06. The zero-order chi connectivity index (χ0) is 15.4. The van der Waals surface area contributed by atoms with Gasteiger partial charge in [-0.2, -0.15) is 0 Å². The number of hydrogen-bond acceptors (Lipinski definition) is 2. The Kier molecular flexibility index (Phi) is 5.14. The number of benzene rings is 1. The van der Waals surface area contributed by atoms with Crippen LogP contribution >= 0.6 is 0 Å². The molecule has 0 bridgehead atoms. The van der Waals surface area contributed by atoms with Gasteiger partial charge in [-0.3, -0.25) is 9.69 Å². The predicted octanol–water partition coefficient (Wildman–Crippen LogP) is 2.92. The first-order valence-corrected chi connectivity index (χ1v) is 8.89. The first-order chi connectivity index (χ1) is 10.8. The largest absolute Gasteiger partial charge is 0.352 e. The van der Waals surface area contributed by atoms with E-state index in [-0.39, 0.29) is 11.9 Å². The predicted molar refractivity (Wildman–Crippen MR) is 89.9 cm³/mol. The van der Waals surface area contributed by atoms with E-state index in [9.17, 15) is 4.79 Å². The lowest BCUT2D eigenvalue weighted by atomic mass is 9.88. The molecule has 3 rings (SSSR count). The molecule has 1 aromatic rings. The van der Waals surface area contributed by atoms with Crippen molar-refractivity contribution in [2.45, 2.75) is 64.0 Å². The number of fused-ring (bicyclic) bond motifs is 1. The molecule has 1 amide bonds. The van der Waals surface area contributed by atoms with Crippen molar-refractivity contribution in [3.05, 3.63) is 35.4 Å². The highest BCUT2D eigenvalue weighted by Gasteiger charge is 2.30. The van der Waals surface area contributed by atoms with Gasteiger partial charge in [-0.25, -0.2) is 0 Å². The molecule has 2 aliphatic rings. The molecule has 1 heterocycles. The van der Waals surface area contributed by atoms with Gasteiger partial charge in [-0.1, -0.05) is 37.6 Å². The molecule has 0 radical (unpaired) electrons. The lowest BCUT2D eigenvalue weighted by Crippen LogP contribution is -2.52. The number of rotatable bonds is 4. The lowest BCUT2D eigenvalue weighted by Gasteiger charge is -2.36. The molecule has 2 unspecified atom stereocenters. The number of aryl methyl sites for hydroxylation is 1. The monoisotopic (exact) mass is 300 g/mol. The van der Waals surface area contributed by atoms with Gasteiger partial charge in [-0.15, -0.1) is 0 Å². The number of nitrogens with zero attached hydrogens (tertiary/aromatic N) is 1. The molecule has 1 saturated heterocycles. The van der Waals surface area contributed by atoms with E-state index in [1.54, 1.807) is 0 Å².